The molecule has 0 aromatic heterocycles. The van der Waals surface area contributed by atoms with E-state index in [4.69, 9.17) is 4.84 Å². The van der Waals surface area contributed by atoms with Crippen LogP contribution in [0, 0.1) is 0 Å². The van der Waals surface area contributed by atoms with Crippen molar-refractivity contribution in [3.63, 3.8) is 0 Å². The highest BCUT2D eigenvalue weighted by atomic mass is 127. The average molecular weight is 255 g/mol. The lowest BCUT2D eigenvalue weighted by molar-refractivity contribution is -0.253. The molecule has 60 valence electrons. The third kappa shape index (κ3) is 2.72. The van der Waals surface area contributed by atoms with Crippen LogP contribution in [0.5, 0.6) is 0 Å². The van der Waals surface area contributed by atoms with Crippen LogP contribution in [0.4, 0.5) is 0 Å². The van der Waals surface area contributed by atoms with E-state index in [0.29, 0.717) is 0 Å². The molecule has 0 aliphatic carbocycles. The molecule has 0 unspecified atom stereocenters. The Labute approximate surface area is 76.0 Å². The molecule has 3 heteroatoms. The lowest BCUT2D eigenvalue weighted by atomic mass is 10.2. The van der Waals surface area contributed by atoms with Crippen molar-refractivity contribution in [1.82, 2.24) is 5.06 Å². The van der Waals surface area contributed by atoms with E-state index in [1.165, 1.54) is 0 Å². The Bertz CT molecular complexity index is 115. The summed E-state index contributed by atoms with van der Waals surface area (Å²) in [6.07, 6.45) is 0. The maximum atomic E-state index is 5.57. The van der Waals surface area contributed by atoms with E-state index in [9.17, 15) is 0 Å². The first-order valence-electron chi connectivity index (χ1n) is 3.55. The Morgan fingerprint density at radius 2 is 1.90 bits per heavy atom. The van der Waals surface area contributed by atoms with Crippen molar-refractivity contribution in [3.05, 3.63) is 0 Å². The normalized spacial score (nSPS) is 22.8. The van der Waals surface area contributed by atoms with Crippen LogP contribution in [-0.2, 0) is 4.84 Å². The second kappa shape index (κ2) is 2.95. The van der Waals surface area contributed by atoms with E-state index in [2.05, 4.69) is 43.4 Å². The van der Waals surface area contributed by atoms with Crippen LogP contribution in [0.1, 0.15) is 20.8 Å². The standard InChI is InChI=1S/C7H14INO/c1-7(2,3)10-9-4-6(8)5-9/h6H,4-5H2,1-3H3. The molecule has 2 nitrogen and oxygen atoms in total. The van der Waals surface area contributed by atoms with Crippen LogP contribution in [-0.4, -0.2) is 27.7 Å². The lowest BCUT2D eigenvalue weighted by Gasteiger charge is -2.39. The zero-order valence-corrected chi connectivity index (χ0v) is 8.88. The maximum Gasteiger partial charge on any atom is 0.0815 e. The number of rotatable bonds is 1. The fourth-order valence-electron chi connectivity index (χ4n) is 0.850. The van der Waals surface area contributed by atoms with Crippen LogP contribution < -0.4 is 0 Å². The average Bonchev–Trinajstić information content (AvgIpc) is 1.57. The summed E-state index contributed by atoms with van der Waals surface area (Å²) >= 11 is 2.44. The van der Waals surface area contributed by atoms with Crippen LogP contribution in [0.2, 0.25) is 0 Å². The van der Waals surface area contributed by atoms with E-state index in [-0.39, 0.29) is 5.60 Å². The number of halogens is 1. The van der Waals surface area contributed by atoms with Crippen molar-refractivity contribution in [2.75, 3.05) is 13.1 Å². The zero-order chi connectivity index (χ0) is 7.78. The van der Waals surface area contributed by atoms with Gasteiger partial charge in [0.05, 0.1) is 5.60 Å². The minimum Gasteiger partial charge on any atom is -0.293 e. The lowest BCUT2D eigenvalue weighted by Crippen LogP contribution is -2.50. The second-order valence-corrected chi connectivity index (χ2v) is 5.41. The van der Waals surface area contributed by atoms with Gasteiger partial charge in [0.1, 0.15) is 0 Å². The summed E-state index contributed by atoms with van der Waals surface area (Å²) < 4.78 is 0.792. The molecule has 0 spiro atoms. The van der Waals surface area contributed by atoms with Crippen molar-refractivity contribution in [2.45, 2.75) is 30.3 Å². The summed E-state index contributed by atoms with van der Waals surface area (Å²) in [5.41, 5.74) is -0.0171. The van der Waals surface area contributed by atoms with Gasteiger partial charge in [-0.15, -0.1) is 0 Å². The predicted octanol–water partition coefficient (Wildman–Crippen LogP) is 1.84. The summed E-state index contributed by atoms with van der Waals surface area (Å²) in [7, 11) is 0. The Balaban J connectivity index is 2.16. The zero-order valence-electron chi connectivity index (χ0n) is 6.72. The van der Waals surface area contributed by atoms with Crippen LogP contribution in [0.3, 0.4) is 0 Å². The fourth-order valence-corrected chi connectivity index (χ4v) is 1.73. The number of alkyl halides is 1. The summed E-state index contributed by atoms with van der Waals surface area (Å²) in [6.45, 7) is 8.39. The molecular formula is C7H14INO. The smallest absolute Gasteiger partial charge is 0.0815 e. The number of hydroxylamine groups is 2. The molecule has 1 fully saturated rings. The van der Waals surface area contributed by atoms with Crippen molar-refractivity contribution in [2.24, 2.45) is 0 Å². The van der Waals surface area contributed by atoms with E-state index in [1.54, 1.807) is 0 Å². The Hall–Kier alpha value is 0.650. The minimum absolute atomic E-state index is 0.0171. The highest BCUT2D eigenvalue weighted by molar-refractivity contribution is 14.1. The van der Waals surface area contributed by atoms with E-state index >= 15 is 0 Å². The molecule has 1 aliphatic heterocycles. The molecule has 1 heterocycles. The molecule has 0 saturated carbocycles. The summed E-state index contributed by atoms with van der Waals surface area (Å²) in [5.74, 6) is 0. The molecule has 0 aromatic carbocycles. The molecule has 0 amide bonds. The first kappa shape index (κ1) is 8.74. The molecule has 0 bridgehead atoms. The van der Waals surface area contributed by atoms with E-state index in [1.807, 2.05) is 5.06 Å². The van der Waals surface area contributed by atoms with Gasteiger partial charge in [-0.25, -0.2) is 0 Å². The molecule has 1 aliphatic rings. The molecule has 0 atom stereocenters. The molecule has 0 aromatic rings. The molecule has 1 rings (SSSR count). The number of hydrogen-bond donors (Lipinski definition) is 0. The molecule has 1 saturated heterocycles. The van der Waals surface area contributed by atoms with Gasteiger partial charge in [0.25, 0.3) is 0 Å². The van der Waals surface area contributed by atoms with Gasteiger partial charge in [-0.3, -0.25) is 4.84 Å². The van der Waals surface area contributed by atoms with Crippen LogP contribution >= 0.6 is 22.6 Å². The van der Waals surface area contributed by atoms with Crippen molar-refractivity contribution < 1.29 is 4.84 Å². The Morgan fingerprint density at radius 1 is 1.40 bits per heavy atom. The first-order valence-corrected chi connectivity index (χ1v) is 4.80. The summed E-state index contributed by atoms with van der Waals surface area (Å²) in [6, 6.07) is 0. The second-order valence-electron chi connectivity index (χ2n) is 3.65. The highest BCUT2D eigenvalue weighted by Gasteiger charge is 2.28. The third-order valence-electron chi connectivity index (χ3n) is 1.21. The van der Waals surface area contributed by atoms with Crippen molar-refractivity contribution in [3.8, 4) is 0 Å². The van der Waals surface area contributed by atoms with Gasteiger partial charge >= 0.3 is 0 Å². The Kier molecular flexibility index (Phi) is 2.58. The predicted molar refractivity (Wildman–Crippen MR) is 50.2 cm³/mol. The monoisotopic (exact) mass is 255 g/mol. The number of hydrogen-bond acceptors (Lipinski definition) is 2. The summed E-state index contributed by atoms with van der Waals surface area (Å²) in [4.78, 5) is 5.57. The quantitative estimate of drug-likeness (QED) is 0.523. The van der Waals surface area contributed by atoms with Gasteiger partial charge in [-0.1, -0.05) is 22.6 Å². The Morgan fingerprint density at radius 3 is 2.20 bits per heavy atom. The van der Waals surface area contributed by atoms with Crippen LogP contribution in [0.15, 0.2) is 0 Å². The third-order valence-corrected chi connectivity index (χ3v) is 1.99. The van der Waals surface area contributed by atoms with Crippen molar-refractivity contribution in [1.29, 1.82) is 0 Å². The van der Waals surface area contributed by atoms with E-state index in [0.717, 1.165) is 17.0 Å². The van der Waals surface area contributed by atoms with Gasteiger partial charge in [0.2, 0.25) is 0 Å². The molecular weight excluding hydrogens is 241 g/mol. The topological polar surface area (TPSA) is 12.5 Å². The van der Waals surface area contributed by atoms with Gasteiger partial charge < -0.3 is 0 Å². The highest BCUT2D eigenvalue weighted by Crippen LogP contribution is 2.20. The van der Waals surface area contributed by atoms with Gasteiger partial charge in [-0.05, 0) is 20.8 Å². The maximum absolute atomic E-state index is 5.57. The minimum atomic E-state index is -0.0171. The molecule has 0 radical (unpaired) electrons. The number of nitrogens with zero attached hydrogens (tertiary/aromatic N) is 1. The first-order chi connectivity index (χ1) is 4.47. The summed E-state index contributed by atoms with van der Waals surface area (Å²) in [5, 5.41) is 2.02. The van der Waals surface area contributed by atoms with Gasteiger partial charge in [-0.2, -0.15) is 5.06 Å². The van der Waals surface area contributed by atoms with Gasteiger partial charge in [0.15, 0.2) is 0 Å². The van der Waals surface area contributed by atoms with Gasteiger partial charge in [0, 0.05) is 17.0 Å². The molecule has 10 heavy (non-hydrogen) atoms. The SMILES string of the molecule is CC(C)(C)ON1CC(I)C1. The largest absolute Gasteiger partial charge is 0.293 e. The van der Waals surface area contributed by atoms with Crippen LogP contribution in [0.25, 0.3) is 0 Å². The van der Waals surface area contributed by atoms with E-state index < -0.39 is 0 Å². The van der Waals surface area contributed by atoms with Crippen molar-refractivity contribution >= 4 is 22.6 Å². The molecule has 0 N–H and O–H groups in total. The fraction of sp³-hybridized carbons (Fsp3) is 1.00.